The van der Waals surface area contributed by atoms with Gasteiger partial charge >= 0.3 is 0 Å². The van der Waals surface area contributed by atoms with Gasteiger partial charge in [-0.15, -0.1) is 0 Å². The smallest absolute Gasteiger partial charge is 0.270 e. The number of carbonyl (C=O) groups is 3. The predicted octanol–water partition coefficient (Wildman–Crippen LogP) is 2.54. The molecule has 45 heavy (non-hydrogen) atoms. The van der Waals surface area contributed by atoms with Crippen LogP contribution in [0.25, 0.3) is 0 Å². The fourth-order valence-corrected chi connectivity index (χ4v) is 6.90. The van der Waals surface area contributed by atoms with Crippen LogP contribution in [-0.2, 0) is 26.2 Å². The number of amides is 3. The number of anilines is 1. The predicted molar refractivity (Wildman–Crippen MR) is 170 cm³/mol. The van der Waals surface area contributed by atoms with E-state index in [1.165, 1.54) is 25.3 Å². The third-order valence-electron chi connectivity index (χ3n) is 8.98. The van der Waals surface area contributed by atoms with E-state index in [0.29, 0.717) is 44.0 Å². The Morgan fingerprint density at radius 1 is 1.04 bits per heavy atom. The van der Waals surface area contributed by atoms with Gasteiger partial charge in [0.2, 0.25) is 21.8 Å². The van der Waals surface area contributed by atoms with Gasteiger partial charge in [-0.3, -0.25) is 19.1 Å². The molecular weight excluding hydrogens is 601 g/mol. The molecule has 0 radical (unpaired) electrons. The van der Waals surface area contributed by atoms with E-state index in [-0.39, 0.29) is 23.3 Å². The molecule has 1 aromatic carbocycles. The van der Waals surface area contributed by atoms with Gasteiger partial charge in [0, 0.05) is 44.8 Å². The second-order valence-electron chi connectivity index (χ2n) is 12.0. The van der Waals surface area contributed by atoms with Gasteiger partial charge in [0.05, 0.1) is 11.4 Å². The first kappa shape index (κ1) is 34.5. The number of carbonyl (C=O) groups excluding carboxylic acids is 3. The Morgan fingerprint density at radius 3 is 2.36 bits per heavy atom. The van der Waals surface area contributed by atoms with Gasteiger partial charge in [-0.2, -0.15) is 5.10 Å². The van der Waals surface area contributed by atoms with Crippen molar-refractivity contribution in [1.82, 2.24) is 29.6 Å². The summed E-state index contributed by atoms with van der Waals surface area (Å²) < 4.78 is 44.8. The first-order chi connectivity index (χ1) is 21.4. The summed E-state index contributed by atoms with van der Waals surface area (Å²) in [5.74, 6) is -3.03. The molecule has 0 spiro atoms. The summed E-state index contributed by atoms with van der Waals surface area (Å²) in [6, 6.07) is 3.82. The average molecular weight is 648 g/mol. The summed E-state index contributed by atoms with van der Waals surface area (Å²) in [6.07, 6.45) is 5.99. The fourth-order valence-electron chi connectivity index (χ4n) is 6.04. The molecule has 3 atom stereocenters. The van der Waals surface area contributed by atoms with Crippen LogP contribution < -0.4 is 15.4 Å². The molecule has 1 saturated heterocycles. The Hall–Kier alpha value is -3.36. The quantitative estimate of drug-likeness (QED) is 0.321. The van der Waals surface area contributed by atoms with Crippen LogP contribution in [0.15, 0.2) is 30.5 Å². The SMILES string of the molecule is CCn1nccc1C(=O)NC(C(=O)Nc1ccc(C(C)C(NS(=O)(=O)CC)C(=O)N2CCN(C)CC2)cc1F)C1CCCCC1. The topological polar surface area (TPSA) is 146 Å². The molecule has 2 aliphatic rings. The molecule has 2 heterocycles. The number of nitrogens with one attached hydrogen (secondary N) is 3. The largest absolute Gasteiger partial charge is 0.339 e. The minimum absolute atomic E-state index is 0.0688. The second kappa shape index (κ2) is 15.3. The van der Waals surface area contributed by atoms with E-state index >= 15 is 4.39 Å². The monoisotopic (exact) mass is 647 g/mol. The van der Waals surface area contributed by atoms with E-state index in [0.717, 1.165) is 32.1 Å². The third kappa shape index (κ3) is 8.67. The molecule has 12 nitrogen and oxygen atoms in total. The number of aryl methyl sites for hydroxylation is 1. The fraction of sp³-hybridized carbons (Fsp3) is 0.613. The number of halogens is 1. The lowest BCUT2D eigenvalue weighted by molar-refractivity contribution is -0.135. The zero-order chi connectivity index (χ0) is 32.7. The second-order valence-corrected chi connectivity index (χ2v) is 14.1. The molecule has 248 valence electrons. The normalized spacial score (nSPS) is 18.6. The van der Waals surface area contributed by atoms with Crippen molar-refractivity contribution >= 4 is 33.4 Å². The summed E-state index contributed by atoms with van der Waals surface area (Å²) in [5, 5.41) is 9.68. The number of piperazine rings is 1. The highest BCUT2D eigenvalue weighted by Gasteiger charge is 2.35. The molecule has 14 heteroatoms. The van der Waals surface area contributed by atoms with Gasteiger partial charge in [0.1, 0.15) is 23.6 Å². The minimum Gasteiger partial charge on any atom is -0.339 e. The first-order valence-electron chi connectivity index (χ1n) is 15.8. The molecular formula is C31H46FN7O5S. The van der Waals surface area contributed by atoms with E-state index in [1.54, 1.807) is 28.6 Å². The number of aromatic nitrogens is 2. The van der Waals surface area contributed by atoms with Crippen LogP contribution in [0.5, 0.6) is 0 Å². The summed E-state index contributed by atoms with van der Waals surface area (Å²) >= 11 is 0. The number of nitrogens with zero attached hydrogens (tertiary/aromatic N) is 4. The van der Waals surface area contributed by atoms with Gasteiger partial charge in [-0.1, -0.05) is 32.3 Å². The van der Waals surface area contributed by atoms with Crippen LogP contribution in [0, 0.1) is 11.7 Å². The maximum absolute atomic E-state index is 15.6. The van der Waals surface area contributed by atoms with Gasteiger partial charge in [0.15, 0.2) is 0 Å². The number of hydrogen-bond acceptors (Lipinski definition) is 7. The number of hydrogen-bond donors (Lipinski definition) is 3. The molecule has 0 bridgehead atoms. The van der Waals surface area contributed by atoms with Crippen molar-refractivity contribution in [3.63, 3.8) is 0 Å². The van der Waals surface area contributed by atoms with Gasteiger partial charge in [-0.25, -0.2) is 17.5 Å². The van der Waals surface area contributed by atoms with Crippen LogP contribution in [0.4, 0.5) is 10.1 Å². The van der Waals surface area contributed by atoms with E-state index in [1.807, 2.05) is 14.0 Å². The summed E-state index contributed by atoms with van der Waals surface area (Å²) in [5.41, 5.74) is 0.678. The first-order valence-corrected chi connectivity index (χ1v) is 17.5. The van der Waals surface area contributed by atoms with Crippen LogP contribution in [-0.4, -0.2) is 96.8 Å². The van der Waals surface area contributed by atoms with Crippen LogP contribution in [0.1, 0.15) is 74.8 Å². The molecule has 3 amide bonds. The summed E-state index contributed by atoms with van der Waals surface area (Å²) in [7, 11) is -1.79. The van der Waals surface area contributed by atoms with Crippen LogP contribution in [0.2, 0.25) is 0 Å². The molecule has 3 N–H and O–H groups in total. The minimum atomic E-state index is -3.75. The highest BCUT2D eigenvalue weighted by atomic mass is 32.2. The lowest BCUT2D eigenvalue weighted by atomic mass is 9.83. The Balaban J connectivity index is 1.53. The lowest BCUT2D eigenvalue weighted by Crippen LogP contribution is -2.55. The molecule has 1 aliphatic carbocycles. The Labute approximate surface area is 265 Å². The zero-order valence-corrected chi connectivity index (χ0v) is 27.4. The molecule has 1 aliphatic heterocycles. The van der Waals surface area contributed by atoms with Crippen molar-refractivity contribution in [3.05, 3.63) is 47.5 Å². The Bertz CT molecular complexity index is 1450. The van der Waals surface area contributed by atoms with Gasteiger partial charge in [-0.05, 0) is 63.4 Å². The number of sulfonamides is 1. The van der Waals surface area contributed by atoms with Crippen molar-refractivity contribution in [3.8, 4) is 0 Å². The van der Waals surface area contributed by atoms with Gasteiger partial charge < -0.3 is 20.4 Å². The number of rotatable bonds is 12. The molecule has 1 saturated carbocycles. The van der Waals surface area contributed by atoms with Crippen molar-refractivity contribution in [2.75, 3.05) is 44.3 Å². The highest BCUT2D eigenvalue weighted by molar-refractivity contribution is 7.89. The summed E-state index contributed by atoms with van der Waals surface area (Å²) in [6.45, 7) is 7.79. The van der Waals surface area contributed by atoms with Crippen molar-refractivity contribution in [1.29, 1.82) is 0 Å². The number of likely N-dealkylation sites (N-methyl/N-ethyl adjacent to an activating group) is 1. The molecule has 2 aromatic rings. The van der Waals surface area contributed by atoms with E-state index in [9.17, 15) is 22.8 Å². The average Bonchev–Trinajstić information content (AvgIpc) is 3.53. The maximum atomic E-state index is 15.6. The van der Waals surface area contributed by atoms with Gasteiger partial charge in [0.25, 0.3) is 5.91 Å². The van der Waals surface area contributed by atoms with Crippen LogP contribution >= 0.6 is 0 Å². The Morgan fingerprint density at radius 2 is 1.73 bits per heavy atom. The standard InChI is InChI=1S/C31H46FN7O5S/c1-5-39-26(14-15-33-39)29(40)35-28(22-10-8-7-9-11-22)30(41)34-25-13-12-23(20-24(25)32)21(3)27(36-45(43,44)6-2)31(42)38-18-16-37(4)17-19-38/h12-15,20-22,27-28,36H,5-11,16-19H2,1-4H3,(H,34,41)(H,35,40). The Kier molecular flexibility index (Phi) is 11.7. The lowest BCUT2D eigenvalue weighted by Gasteiger charge is -2.36. The van der Waals surface area contributed by atoms with Crippen molar-refractivity contribution < 1.29 is 27.2 Å². The van der Waals surface area contributed by atoms with E-state index in [4.69, 9.17) is 0 Å². The maximum Gasteiger partial charge on any atom is 0.270 e. The highest BCUT2D eigenvalue weighted by Crippen LogP contribution is 2.29. The molecule has 3 unspecified atom stereocenters. The molecule has 4 rings (SSSR count). The molecule has 1 aromatic heterocycles. The van der Waals surface area contributed by atoms with Crippen molar-refractivity contribution in [2.24, 2.45) is 5.92 Å². The van der Waals surface area contributed by atoms with E-state index in [2.05, 4.69) is 25.4 Å². The van der Waals surface area contributed by atoms with E-state index < -0.39 is 45.7 Å². The zero-order valence-electron chi connectivity index (χ0n) is 26.6. The molecule has 2 fully saturated rings. The van der Waals surface area contributed by atoms with Crippen LogP contribution in [0.3, 0.4) is 0 Å². The van der Waals surface area contributed by atoms with Crippen molar-refractivity contribution in [2.45, 2.75) is 77.4 Å². The third-order valence-corrected chi connectivity index (χ3v) is 10.4. The number of benzene rings is 1. The summed E-state index contributed by atoms with van der Waals surface area (Å²) in [4.78, 5) is 44.0.